The van der Waals surface area contributed by atoms with E-state index in [2.05, 4.69) is 0 Å². The summed E-state index contributed by atoms with van der Waals surface area (Å²) in [6, 6.07) is 14.1. The van der Waals surface area contributed by atoms with E-state index in [1.165, 1.54) is 11.8 Å². The van der Waals surface area contributed by atoms with Crippen LogP contribution in [0.25, 0.3) is 5.57 Å². The minimum atomic E-state index is -0.386. The van der Waals surface area contributed by atoms with E-state index in [0.29, 0.717) is 26.8 Å². The van der Waals surface area contributed by atoms with Gasteiger partial charge in [0.25, 0.3) is 11.8 Å². The van der Waals surface area contributed by atoms with Gasteiger partial charge in [-0.05, 0) is 17.7 Å². The number of imide groups is 1. The van der Waals surface area contributed by atoms with Crippen LogP contribution in [-0.2, 0) is 9.59 Å². The zero-order chi connectivity index (χ0) is 18.1. The molecule has 2 aromatic rings. The summed E-state index contributed by atoms with van der Waals surface area (Å²) in [5, 5.41) is 0.639. The van der Waals surface area contributed by atoms with Crippen molar-refractivity contribution in [1.82, 2.24) is 0 Å². The first-order valence-electron chi connectivity index (χ1n) is 7.71. The van der Waals surface area contributed by atoms with Crippen LogP contribution < -0.4 is 4.90 Å². The lowest BCUT2D eigenvalue weighted by atomic mass is 10.1. The highest BCUT2D eigenvalue weighted by Crippen LogP contribution is 2.42. The minimum Gasteiger partial charge on any atom is -0.268 e. The van der Waals surface area contributed by atoms with Crippen molar-refractivity contribution in [3.8, 4) is 0 Å². The average Bonchev–Trinajstić information content (AvgIpc) is 2.81. The van der Waals surface area contributed by atoms with Crippen molar-refractivity contribution >= 4 is 58.0 Å². The molecule has 0 aliphatic carbocycles. The predicted molar refractivity (Wildman–Crippen MR) is 105 cm³/mol. The fourth-order valence-electron chi connectivity index (χ4n) is 2.60. The summed E-state index contributed by atoms with van der Waals surface area (Å²) in [7, 11) is 0. The van der Waals surface area contributed by atoms with Gasteiger partial charge in [0.05, 0.1) is 26.2 Å². The number of halogens is 2. The molecule has 0 spiro atoms. The highest BCUT2D eigenvalue weighted by Gasteiger charge is 2.41. The number of hydrogen-bond donors (Lipinski definition) is 0. The number of carbonyl (C=O) groups is 2. The number of thioether (sulfide) groups is 1. The number of nitrogens with zero attached hydrogens (tertiary/aromatic N) is 1. The fourth-order valence-corrected chi connectivity index (χ4v) is 3.96. The molecule has 25 heavy (non-hydrogen) atoms. The first kappa shape index (κ1) is 18.1. The van der Waals surface area contributed by atoms with Crippen LogP contribution >= 0.6 is 35.0 Å². The number of rotatable bonds is 4. The molecular formula is C19H15Cl2NO2S. The maximum absolute atomic E-state index is 13.1. The monoisotopic (exact) mass is 391 g/mol. The topological polar surface area (TPSA) is 37.4 Å². The van der Waals surface area contributed by atoms with E-state index in [0.717, 1.165) is 4.90 Å². The van der Waals surface area contributed by atoms with Crippen molar-refractivity contribution in [1.29, 1.82) is 0 Å². The molecule has 1 heterocycles. The van der Waals surface area contributed by atoms with Gasteiger partial charge in [0.2, 0.25) is 0 Å². The maximum atomic E-state index is 13.1. The molecule has 0 aromatic heterocycles. The van der Waals surface area contributed by atoms with E-state index in [1.54, 1.807) is 18.2 Å². The Morgan fingerprint density at radius 1 is 0.920 bits per heavy atom. The number of anilines is 1. The Labute approximate surface area is 160 Å². The lowest BCUT2D eigenvalue weighted by Gasteiger charge is -2.17. The molecule has 0 fully saturated rings. The Balaban J connectivity index is 2.14. The third-order valence-corrected chi connectivity index (χ3v) is 5.52. The number of benzene rings is 2. The van der Waals surface area contributed by atoms with E-state index in [-0.39, 0.29) is 22.1 Å². The molecule has 128 valence electrons. The summed E-state index contributed by atoms with van der Waals surface area (Å²) >= 11 is 13.7. The van der Waals surface area contributed by atoms with E-state index in [1.807, 2.05) is 44.2 Å². The Bertz CT molecular complexity index is 878. The standard InChI is InChI=1S/C19H15Cl2NO2S/c1-11(2)25-17-15(12-7-4-3-5-8-12)18(23)22(19(17)24)14-10-6-9-13(20)16(14)21/h3-11H,1-2H3. The highest BCUT2D eigenvalue weighted by atomic mass is 35.5. The molecule has 2 amide bonds. The second kappa shape index (κ2) is 7.24. The van der Waals surface area contributed by atoms with Gasteiger partial charge >= 0.3 is 0 Å². The van der Waals surface area contributed by atoms with Crippen molar-refractivity contribution in [3.63, 3.8) is 0 Å². The van der Waals surface area contributed by atoms with Crippen LogP contribution in [0.3, 0.4) is 0 Å². The van der Waals surface area contributed by atoms with Gasteiger partial charge in [-0.3, -0.25) is 9.59 Å². The maximum Gasteiger partial charge on any atom is 0.272 e. The van der Waals surface area contributed by atoms with Crippen LogP contribution in [0.5, 0.6) is 0 Å². The lowest BCUT2D eigenvalue weighted by molar-refractivity contribution is -0.119. The Morgan fingerprint density at radius 3 is 2.24 bits per heavy atom. The summed E-state index contributed by atoms with van der Waals surface area (Å²) in [6.07, 6.45) is 0. The smallest absolute Gasteiger partial charge is 0.268 e. The molecule has 3 rings (SSSR count). The van der Waals surface area contributed by atoms with E-state index < -0.39 is 0 Å². The molecule has 1 aliphatic rings. The van der Waals surface area contributed by atoms with Crippen molar-refractivity contribution < 1.29 is 9.59 Å². The van der Waals surface area contributed by atoms with Crippen LogP contribution in [0.15, 0.2) is 53.4 Å². The molecule has 0 N–H and O–H groups in total. The van der Waals surface area contributed by atoms with Gasteiger partial charge in [0, 0.05) is 5.25 Å². The quantitative estimate of drug-likeness (QED) is 0.652. The molecule has 0 saturated heterocycles. The highest BCUT2D eigenvalue weighted by molar-refractivity contribution is 8.04. The molecule has 0 atom stereocenters. The third-order valence-electron chi connectivity index (χ3n) is 3.63. The predicted octanol–water partition coefficient (Wildman–Crippen LogP) is 5.42. The molecule has 1 aliphatic heterocycles. The Morgan fingerprint density at radius 2 is 1.60 bits per heavy atom. The van der Waals surface area contributed by atoms with E-state index >= 15 is 0 Å². The van der Waals surface area contributed by atoms with Gasteiger partial charge < -0.3 is 0 Å². The molecule has 0 unspecified atom stereocenters. The molecule has 6 heteroatoms. The van der Waals surface area contributed by atoms with Gasteiger partial charge in [-0.2, -0.15) is 0 Å². The molecule has 0 radical (unpaired) electrons. The van der Waals surface area contributed by atoms with Crippen LogP contribution in [-0.4, -0.2) is 17.1 Å². The molecule has 2 aromatic carbocycles. The normalized spacial score (nSPS) is 14.8. The summed E-state index contributed by atoms with van der Waals surface area (Å²) < 4.78 is 0. The largest absolute Gasteiger partial charge is 0.272 e. The first-order valence-corrected chi connectivity index (χ1v) is 9.34. The summed E-state index contributed by atoms with van der Waals surface area (Å²) in [6.45, 7) is 3.96. The van der Waals surface area contributed by atoms with Crippen LogP contribution in [0.1, 0.15) is 19.4 Å². The average molecular weight is 392 g/mol. The third kappa shape index (κ3) is 3.34. The van der Waals surface area contributed by atoms with Crippen molar-refractivity contribution in [2.45, 2.75) is 19.1 Å². The molecule has 0 bridgehead atoms. The van der Waals surface area contributed by atoms with E-state index in [9.17, 15) is 9.59 Å². The first-order chi connectivity index (χ1) is 11.9. The SMILES string of the molecule is CC(C)SC1=C(c2ccccc2)C(=O)N(c2cccc(Cl)c2Cl)C1=O. The zero-order valence-corrected chi connectivity index (χ0v) is 16.0. The summed E-state index contributed by atoms with van der Waals surface area (Å²) in [4.78, 5) is 27.7. The van der Waals surface area contributed by atoms with Gasteiger partial charge in [-0.25, -0.2) is 4.90 Å². The van der Waals surface area contributed by atoms with Crippen LogP contribution in [0.4, 0.5) is 5.69 Å². The van der Waals surface area contributed by atoms with Crippen LogP contribution in [0, 0.1) is 0 Å². The number of amides is 2. The van der Waals surface area contributed by atoms with Gasteiger partial charge in [0.1, 0.15) is 0 Å². The summed E-state index contributed by atoms with van der Waals surface area (Å²) in [5.74, 6) is -0.754. The van der Waals surface area contributed by atoms with Crippen molar-refractivity contribution in [2.24, 2.45) is 0 Å². The second-order valence-electron chi connectivity index (χ2n) is 5.76. The Kier molecular flexibility index (Phi) is 5.23. The minimum absolute atomic E-state index is 0.153. The van der Waals surface area contributed by atoms with Crippen LogP contribution in [0.2, 0.25) is 10.0 Å². The van der Waals surface area contributed by atoms with Gasteiger partial charge in [-0.1, -0.05) is 73.4 Å². The lowest BCUT2D eigenvalue weighted by Crippen LogP contribution is -2.31. The van der Waals surface area contributed by atoms with Crippen molar-refractivity contribution in [2.75, 3.05) is 4.90 Å². The molecule has 0 saturated carbocycles. The fraction of sp³-hybridized carbons (Fsp3) is 0.158. The zero-order valence-electron chi connectivity index (χ0n) is 13.6. The molecular weight excluding hydrogens is 377 g/mol. The number of carbonyl (C=O) groups excluding carboxylic acids is 2. The number of hydrogen-bond acceptors (Lipinski definition) is 3. The summed E-state index contributed by atoms with van der Waals surface area (Å²) in [5.41, 5.74) is 1.42. The van der Waals surface area contributed by atoms with Crippen molar-refractivity contribution in [3.05, 3.63) is 69.0 Å². The van der Waals surface area contributed by atoms with Gasteiger partial charge in [0.15, 0.2) is 0 Å². The van der Waals surface area contributed by atoms with E-state index in [4.69, 9.17) is 23.2 Å². The molecule has 3 nitrogen and oxygen atoms in total. The Hall–Kier alpha value is -1.75. The van der Waals surface area contributed by atoms with Gasteiger partial charge in [-0.15, -0.1) is 11.8 Å². The second-order valence-corrected chi connectivity index (χ2v) is 8.13.